The molecule has 1 amide bonds. The van der Waals surface area contributed by atoms with Gasteiger partial charge in [-0.3, -0.25) is 14.9 Å². The van der Waals surface area contributed by atoms with Crippen LogP contribution in [0.15, 0.2) is 59.1 Å². The number of nitrogens with zero attached hydrogens (tertiary/aromatic N) is 2. The second kappa shape index (κ2) is 9.24. The second-order valence-corrected chi connectivity index (χ2v) is 7.47. The Balaban J connectivity index is 1.82. The summed E-state index contributed by atoms with van der Waals surface area (Å²) in [4.78, 5) is 34.2. The molecule has 0 saturated carbocycles. The van der Waals surface area contributed by atoms with Gasteiger partial charge in [0.1, 0.15) is 0 Å². The van der Waals surface area contributed by atoms with Crippen molar-refractivity contribution in [2.45, 2.75) is 18.1 Å². The second-order valence-electron chi connectivity index (χ2n) is 6.49. The highest BCUT2D eigenvalue weighted by atomic mass is 32.2. The summed E-state index contributed by atoms with van der Waals surface area (Å²) in [6.07, 6.45) is 0.127. The number of esters is 1. The van der Waals surface area contributed by atoms with E-state index in [1.165, 1.54) is 31.0 Å². The van der Waals surface area contributed by atoms with Gasteiger partial charge in [0.05, 0.1) is 34.3 Å². The lowest BCUT2D eigenvalue weighted by Gasteiger charge is -2.25. The van der Waals surface area contributed by atoms with Crippen molar-refractivity contribution in [3.63, 3.8) is 0 Å². The first-order chi connectivity index (χ1) is 14.4. The Labute approximate surface area is 176 Å². The maximum Gasteiger partial charge on any atom is 0.337 e. The van der Waals surface area contributed by atoms with E-state index in [0.717, 1.165) is 11.1 Å². The molecule has 0 bridgehead atoms. The number of hydrogen-bond acceptors (Lipinski definition) is 7. The van der Waals surface area contributed by atoms with Crippen LogP contribution in [0.1, 0.15) is 33.8 Å². The normalized spacial score (nSPS) is 15.9. The van der Waals surface area contributed by atoms with Crippen molar-refractivity contribution in [3.05, 3.63) is 85.9 Å². The number of nitro groups is 1. The molecule has 152 valence electrons. The monoisotopic (exact) mass is 423 g/mol. The number of carbonyl (C=O) groups is 2. The fourth-order valence-electron chi connectivity index (χ4n) is 3.06. The predicted octanol–water partition coefficient (Wildman–Crippen LogP) is 3.65. The summed E-state index contributed by atoms with van der Waals surface area (Å²) in [7, 11) is 1.30. The molecule has 0 fully saturated rings. The summed E-state index contributed by atoms with van der Waals surface area (Å²) in [5.74, 6) is -0.650. The van der Waals surface area contributed by atoms with E-state index in [2.05, 4.69) is 16.1 Å². The van der Waals surface area contributed by atoms with Crippen LogP contribution in [0, 0.1) is 21.4 Å². The lowest BCUT2D eigenvalue weighted by molar-refractivity contribution is -0.384. The summed E-state index contributed by atoms with van der Waals surface area (Å²) >= 11 is 1.29. The first-order valence-electron chi connectivity index (χ1n) is 8.91. The average molecular weight is 423 g/mol. The van der Waals surface area contributed by atoms with Crippen molar-refractivity contribution in [2.24, 2.45) is 0 Å². The number of non-ortho nitro benzene ring substituents is 1. The first kappa shape index (κ1) is 21.1. The number of nitro benzene ring substituents is 1. The van der Waals surface area contributed by atoms with Gasteiger partial charge in [-0.2, -0.15) is 5.26 Å². The molecule has 0 spiro atoms. The Morgan fingerprint density at radius 1 is 1.27 bits per heavy atom. The number of amides is 1. The molecule has 9 heteroatoms. The molecule has 0 radical (unpaired) electrons. The third kappa shape index (κ3) is 4.67. The van der Waals surface area contributed by atoms with Crippen molar-refractivity contribution < 1.29 is 19.2 Å². The minimum absolute atomic E-state index is 0.00196. The molecule has 3 rings (SSSR count). The largest absolute Gasteiger partial charge is 0.465 e. The van der Waals surface area contributed by atoms with Crippen molar-refractivity contribution in [2.75, 3.05) is 7.11 Å². The third-order valence-electron chi connectivity index (χ3n) is 4.62. The Kier molecular flexibility index (Phi) is 6.49. The van der Waals surface area contributed by atoms with Gasteiger partial charge in [-0.15, -0.1) is 11.8 Å². The molecule has 1 heterocycles. The molecule has 0 unspecified atom stereocenters. The van der Waals surface area contributed by atoms with Crippen molar-refractivity contribution in [1.82, 2.24) is 5.32 Å². The van der Waals surface area contributed by atoms with E-state index in [1.54, 1.807) is 36.4 Å². The standard InChI is InChI=1S/C21H17N3O5S/c1-29-21(26)15-6-4-14(5-7-15)17-10-19(25)23-20(18(17)11-22)30-12-13-2-8-16(9-3-13)24(27)28/h2-9,17H,10,12H2,1H3,(H,23,25)/t17-/m0/s1. The molecular formula is C21H17N3O5S. The number of methoxy groups -OCH3 is 1. The van der Waals surface area contributed by atoms with Crippen molar-refractivity contribution in [3.8, 4) is 6.07 Å². The Morgan fingerprint density at radius 3 is 2.50 bits per heavy atom. The molecule has 0 aliphatic carbocycles. The van der Waals surface area contributed by atoms with Crippen molar-refractivity contribution in [1.29, 1.82) is 5.26 Å². The van der Waals surface area contributed by atoms with Crippen LogP contribution >= 0.6 is 11.8 Å². The average Bonchev–Trinajstić information content (AvgIpc) is 2.77. The quantitative estimate of drug-likeness (QED) is 0.427. The van der Waals surface area contributed by atoms with Gasteiger partial charge in [0.15, 0.2) is 0 Å². The maximum absolute atomic E-state index is 12.3. The summed E-state index contributed by atoms with van der Waals surface area (Å²) in [6, 6.07) is 15.0. The van der Waals surface area contributed by atoms with E-state index >= 15 is 0 Å². The number of allylic oxidation sites excluding steroid dienone is 1. The zero-order chi connectivity index (χ0) is 21.7. The number of rotatable bonds is 6. The fourth-order valence-corrected chi connectivity index (χ4v) is 4.09. The number of ether oxygens (including phenoxy) is 1. The highest BCUT2D eigenvalue weighted by Gasteiger charge is 2.29. The van der Waals surface area contributed by atoms with Gasteiger partial charge in [-0.25, -0.2) is 4.79 Å². The molecule has 0 saturated heterocycles. The van der Waals surface area contributed by atoms with Crippen LogP contribution in [0.2, 0.25) is 0 Å². The molecule has 1 atom stereocenters. The number of carbonyl (C=O) groups excluding carboxylic acids is 2. The number of nitriles is 1. The van der Waals surface area contributed by atoms with E-state index in [-0.39, 0.29) is 18.0 Å². The Bertz CT molecular complexity index is 1060. The third-order valence-corrected chi connectivity index (χ3v) is 5.71. The molecule has 2 aromatic carbocycles. The molecule has 30 heavy (non-hydrogen) atoms. The Hall–Kier alpha value is -3.64. The molecule has 8 nitrogen and oxygen atoms in total. The van der Waals surface area contributed by atoms with Crippen molar-refractivity contribution >= 4 is 29.3 Å². The summed E-state index contributed by atoms with van der Waals surface area (Å²) in [6.45, 7) is 0. The first-order valence-corrected chi connectivity index (χ1v) is 9.90. The van der Waals surface area contributed by atoms with Crippen LogP contribution in [-0.2, 0) is 15.3 Å². The van der Waals surface area contributed by atoms with Crippen LogP contribution in [0.25, 0.3) is 0 Å². The number of hydrogen-bond donors (Lipinski definition) is 1. The van der Waals surface area contributed by atoms with Crippen LogP contribution in [0.5, 0.6) is 0 Å². The lowest BCUT2D eigenvalue weighted by atomic mass is 9.87. The van der Waals surface area contributed by atoms with Crippen LogP contribution < -0.4 is 5.32 Å². The molecule has 1 aliphatic rings. The molecule has 0 aromatic heterocycles. The van der Waals surface area contributed by atoms with E-state index < -0.39 is 16.8 Å². The lowest BCUT2D eigenvalue weighted by Crippen LogP contribution is -2.30. The van der Waals surface area contributed by atoms with E-state index in [1.807, 2.05) is 0 Å². The highest BCUT2D eigenvalue weighted by Crippen LogP contribution is 2.37. The SMILES string of the molecule is COC(=O)c1ccc([C@@H]2CC(=O)NC(SCc3ccc([N+](=O)[O-])cc3)=C2C#N)cc1. The zero-order valence-corrected chi connectivity index (χ0v) is 16.8. The van der Waals surface area contributed by atoms with Gasteiger partial charge in [0.25, 0.3) is 5.69 Å². The van der Waals surface area contributed by atoms with Gasteiger partial charge in [-0.05, 0) is 23.3 Å². The van der Waals surface area contributed by atoms with E-state index in [4.69, 9.17) is 0 Å². The van der Waals surface area contributed by atoms with E-state index in [9.17, 15) is 25.0 Å². The van der Waals surface area contributed by atoms with Crippen LogP contribution in [-0.4, -0.2) is 23.9 Å². The number of thioether (sulfide) groups is 1. The molecule has 1 aliphatic heterocycles. The molecule has 1 N–H and O–H groups in total. The van der Waals surface area contributed by atoms with Gasteiger partial charge >= 0.3 is 5.97 Å². The molecule has 2 aromatic rings. The number of nitrogens with one attached hydrogen (secondary N) is 1. The van der Waals surface area contributed by atoms with Crippen LogP contribution in [0.3, 0.4) is 0 Å². The predicted molar refractivity (Wildman–Crippen MR) is 110 cm³/mol. The Morgan fingerprint density at radius 2 is 1.93 bits per heavy atom. The summed E-state index contributed by atoms with van der Waals surface area (Å²) in [5.41, 5.74) is 2.41. The van der Waals surface area contributed by atoms with Gasteiger partial charge in [-0.1, -0.05) is 24.3 Å². The summed E-state index contributed by atoms with van der Waals surface area (Å²) in [5, 5.41) is 23.7. The maximum atomic E-state index is 12.3. The highest BCUT2D eigenvalue weighted by molar-refractivity contribution is 8.02. The van der Waals surface area contributed by atoms with Crippen LogP contribution in [0.4, 0.5) is 5.69 Å². The van der Waals surface area contributed by atoms with Gasteiger partial charge < -0.3 is 10.1 Å². The smallest absolute Gasteiger partial charge is 0.337 e. The summed E-state index contributed by atoms with van der Waals surface area (Å²) < 4.78 is 4.69. The number of benzene rings is 2. The fraction of sp³-hybridized carbons (Fsp3) is 0.190. The van der Waals surface area contributed by atoms with E-state index in [0.29, 0.717) is 21.9 Å². The molecular weight excluding hydrogens is 406 g/mol. The minimum atomic E-state index is -0.468. The van der Waals surface area contributed by atoms with Gasteiger partial charge in [0, 0.05) is 30.2 Å². The van der Waals surface area contributed by atoms with Gasteiger partial charge in [0.2, 0.25) is 5.91 Å². The zero-order valence-electron chi connectivity index (χ0n) is 16.0. The minimum Gasteiger partial charge on any atom is -0.465 e. The topological polar surface area (TPSA) is 122 Å².